The fraction of sp³-hybridized carbons (Fsp3) is 0.533. The van der Waals surface area contributed by atoms with Gasteiger partial charge in [-0.25, -0.2) is 0 Å². The Balaban J connectivity index is 1.90. The van der Waals surface area contributed by atoms with E-state index in [0.29, 0.717) is 26.1 Å². The van der Waals surface area contributed by atoms with E-state index in [9.17, 15) is 4.79 Å². The van der Waals surface area contributed by atoms with Crippen LogP contribution < -0.4 is 15.2 Å². The smallest absolute Gasteiger partial charge is 0.225 e. The number of likely N-dealkylation sites (N-methyl/N-ethyl adjacent to an activating group) is 1. The Morgan fingerprint density at radius 2 is 2.15 bits per heavy atom. The Kier molecular flexibility index (Phi) is 4.84. The van der Waals surface area contributed by atoms with Crippen LogP contribution >= 0.6 is 0 Å². The predicted molar refractivity (Wildman–Crippen MR) is 76.8 cm³/mol. The van der Waals surface area contributed by atoms with Crippen molar-refractivity contribution in [2.45, 2.75) is 19.4 Å². The van der Waals surface area contributed by atoms with Crippen LogP contribution in [0.2, 0.25) is 0 Å². The molecule has 2 rings (SSSR count). The first-order chi connectivity index (χ1) is 9.61. The zero-order valence-electron chi connectivity index (χ0n) is 12.0. The van der Waals surface area contributed by atoms with E-state index < -0.39 is 0 Å². The molecule has 0 spiro atoms. The highest BCUT2D eigenvalue weighted by atomic mass is 16.6. The summed E-state index contributed by atoms with van der Waals surface area (Å²) in [4.78, 5) is 13.8. The number of hydrogen-bond donors (Lipinski definition) is 1. The third-order valence-corrected chi connectivity index (χ3v) is 3.44. The van der Waals surface area contributed by atoms with E-state index in [1.807, 2.05) is 31.2 Å². The number of fused-ring (bicyclic) bond motifs is 1. The highest BCUT2D eigenvalue weighted by Crippen LogP contribution is 2.31. The maximum atomic E-state index is 12.1. The molecule has 2 N–H and O–H groups in total. The molecule has 1 amide bonds. The molecule has 1 heterocycles. The fourth-order valence-corrected chi connectivity index (χ4v) is 2.30. The van der Waals surface area contributed by atoms with Crippen molar-refractivity contribution >= 4 is 5.91 Å². The summed E-state index contributed by atoms with van der Waals surface area (Å²) >= 11 is 0. The van der Waals surface area contributed by atoms with Crippen LogP contribution in [0.3, 0.4) is 0 Å². The van der Waals surface area contributed by atoms with Gasteiger partial charge in [0.1, 0.15) is 6.61 Å². The maximum absolute atomic E-state index is 12.1. The summed E-state index contributed by atoms with van der Waals surface area (Å²) in [6.07, 6.45) is 0.567. The van der Waals surface area contributed by atoms with Gasteiger partial charge in [-0.3, -0.25) is 4.79 Å². The zero-order chi connectivity index (χ0) is 14.5. The van der Waals surface area contributed by atoms with Gasteiger partial charge in [-0.15, -0.1) is 0 Å². The van der Waals surface area contributed by atoms with Crippen molar-refractivity contribution in [3.8, 4) is 11.5 Å². The Hall–Kier alpha value is -1.75. The minimum atomic E-state index is -0.135. The highest BCUT2D eigenvalue weighted by molar-refractivity contribution is 5.78. The molecule has 2 unspecified atom stereocenters. The molecular formula is C15H22N2O3. The van der Waals surface area contributed by atoms with E-state index in [2.05, 4.69) is 0 Å². The lowest BCUT2D eigenvalue weighted by Gasteiger charge is -2.30. The van der Waals surface area contributed by atoms with Crippen molar-refractivity contribution < 1.29 is 14.3 Å². The number of rotatable bonds is 5. The average molecular weight is 278 g/mol. The monoisotopic (exact) mass is 278 g/mol. The summed E-state index contributed by atoms with van der Waals surface area (Å²) in [6.45, 7) is 3.40. The van der Waals surface area contributed by atoms with Gasteiger partial charge in [0, 0.05) is 13.0 Å². The van der Waals surface area contributed by atoms with Gasteiger partial charge in [-0.2, -0.15) is 0 Å². The SMILES string of the molecule is CC(CCN)C(=O)N(C)CC1COc2ccccc2O1. The molecule has 0 radical (unpaired) electrons. The summed E-state index contributed by atoms with van der Waals surface area (Å²) in [5.74, 6) is 1.54. The fourth-order valence-electron chi connectivity index (χ4n) is 2.30. The van der Waals surface area contributed by atoms with Gasteiger partial charge in [-0.1, -0.05) is 19.1 Å². The number of para-hydroxylation sites is 2. The molecule has 5 heteroatoms. The second-order valence-corrected chi connectivity index (χ2v) is 5.19. The van der Waals surface area contributed by atoms with E-state index in [-0.39, 0.29) is 17.9 Å². The molecule has 5 nitrogen and oxygen atoms in total. The molecule has 1 aliphatic rings. The molecule has 0 aliphatic carbocycles. The van der Waals surface area contributed by atoms with Gasteiger partial charge in [0.05, 0.1) is 6.54 Å². The van der Waals surface area contributed by atoms with Crippen LogP contribution in [0, 0.1) is 5.92 Å². The molecule has 0 aromatic heterocycles. The third-order valence-electron chi connectivity index (χ3n) is 3.44. The number of carbonyl (C=O) groups excluding carboxylic acids is 1. The van der Waals surface area contributed by atoms with Crippen LogP contribution in [0.15, 0.2) is 24.3 Å². The first-order valence-corrected chi connectivity index (χ1v) is 6.95. The van der Waals surface area contributed by atoms with E-state index in [4.69, 9.17) is 15.2 Å². The number of nitrogens with zero attached hydrogens (tertiary/aromatic N) is 1. The zero-order valence-corrected chi connectivity index (χ0v) is 12.0. The van der Waals surface area contributed by atoms with Crippen LogP contribution in [0.1, 0.15) is 13.3 Å². The van der Waals surface area contributed by atoms with E-state index in [0.717, 1.165) is 11.5 Å². The molecule has 0 fully saturated rings. The number of nitrogens with two attached hydrogens (primary N) is 1. The van der Waals surface area contributed by atoms with Crippen molar-refractivity contribution in [3.63, 3.8) is 0 Å². The van der Waals surface area contributed by atoms with Crippen LogP contribution in [-0.2, 0) is 4.79 Å². The molecule has 1 aromatic carbocycles. The molecule has 1 aromatic rings. The Morgan fingerprint density at radius 3 is 2.85 bits per heavy atom. The molecule has 0 saturated heterocycles. The number of amides is 1. The maximum Gasteiger partial charge on any atom is 0.225 e. The summed E-state index contributed by atoms with van der Waals surface area (Å²) in [5.41, 5.74) is 5.49. The van der Waals surface area contributed by atoms with Gasteiger partial charge in [0.25, 0.3) is 0 Å². The summed E-state index contributed by atoms with van der Waals surface area (Å²) in [6, 6.07) is 7.57. The van der Waals surface area contributed by atoms with E-state index in [1.165, 1.54) is 0 Å². The van der Waals surface area contributed by atoms with Crippen molar-refractivity contribution in [1.82, 2.24) is 4.90 Å². The van der Waals surface area contributed by atoms with Gasteiger partial charge in [0.15, 0.2) is 17.6 Å². The van der Waals surface area contributed by atoms with Gasteiger partial charge in [0.2, 0.25) is 5.91 Å². The van der Waals surface area contributed by atoms with E-state index >= 15 is 0 Å². The molecule has 1 aliphatic heterocycles. The normalized spacial score (nSPS) is 18.4. The lowest BCUT2D eigenvalue weighted by Crippen LogP contribution is -2.43. The quantitative estimate of drug-likeness (QED) is 0.881. The summed E-state index contributed by atoms with van der Waals surface area (Å²) in [5, 5.41) is 0. The van der Waals surface area contributed by atoms with Gasteiger partial charge >= 0.3 is 0 Å². The van der Waals surface area contributed by atoms with E-state index in [1.54, 1.807) is 11.9 Å². The minimum Gasteiger partial charge on any atom is -0.486 e. The lowest BCUT2D eigenvalue weighted by molar-refractivity contribution is -0.135. The number of ether oxygens (including phenoxy) is 2. The molecule has 110 valence electrons. The second-order valence-electron chi connectivity index (χ2n) is 5.19. The van der Waals surface area contributed by atoms with Gasteiger partial charge in [-0.05, 0) is 25.1 Å². The largest absolute Gasteiger partial charge is 0.486 e. The minimum absolute atomic E-state index is 0.0539. The van der Waals surface area contributed by atoms with Crippen molar-refractivity contribution in [2.75, 3.05) is 26.7 Å². The Morgan fingerprint density at radius 1 is 1.45 bits per heavy atom. The molecular weight excluding hydrogens is 256 g/mol. The first kappa shape index (κ1) is 14.7. The Labute approximate surface area is 119 Å². The van der Waals surface area contributed by atoms with Crippen molar-refractivity contribution in [1.29, 1.82) is 0 Å². The van der Waals surface area contributed by atoms with Gasteiger partial charge < -0.3 is 20.1 Å². The number of benzene rings is 1. The van der Waals surface area contributed by atoms with Crippen molar-refractivity contribution in [2.24, 2.45) is 11.7 Å². The summed E-state index contributed by atoms with van der Waals surface area (Å²) in [7, 11) is 1.79. The molecule has 0 saturated carbocycles. The van der Waals surface area contributed by atoms with Crippen LogP contribution in [0.25, 0.3) is 0 Å². The topological polar surface area (TPSA) is 64.8 Å². The molecule has 2 atom stereocenters. The lowest BCUT2D eigenvalue weighted by atomic mass is 10.1. The summed E-state index contributed by atoms with van der Waals surface area (Å²) < 4.78 is 11.5. The number of carbonyl (C=O) groups is 1. The van der Waals surface area contributed by atoms with Crippen LogP contribution in [-0.4, -0.2) is 43.7 Å². The standard InChI is InChI=1S/C15H22N2O3/c1-11(7-8-16)15(18)17(2)9-12-10-19-13-5-3-4-6-14(13)20-12/h3-6,11-12H,7-10,16H2,1-2H3. The molecule has 0 bridgehead atoms. The first-order valence-electron chi connectivity index (χ1n) is 6.95. The van der Waals surface area contributed by atoms with Crippen molar-refractivity contribution in [3.05, 3.63) is 24.3 Å². The number of hydrogen-bond acceptors (Lipinski definition) is 4. The molecule has 20 heavy (non-hydrogen) atoms. The predicted octanol–water partition coefficient (Wildman–Crippen LogP) is 1.27. The average Bonchev–Trinajstić information content (AvgIpc) is 2.46. The Bertz CT molecular complexity index is 464. The third kappa shape index (κ3) is 3.42. The second kappa shape index (κ2) is 6.61. The van der Waals surface area contributed by atoms with Crippen LogP contribution in [0.4, 0.5) is 0 Å². The highest BCUT2D eigenvalue weighted by Gasteiger charge is 2.25. The van der Waals surface area contributed by atoms with Crippen LogP contribution in [0.5, 0.6) is 11.5 Å².